The molecule has 8 heteroatoms. The summed E-state index contributed by atoms with van der Waals surface area (Å²) in [5.41, 5.74) is 3.93. The molecule has 1 rings (SSSR count). The molecule has 0 aliphatic heterocycles. The van der Waals surface area contributed by atoms with Gasteiger partial charge in [-0.25, -0.2) is 13.8 Å². The Kier molecular flexibility index (Phi) is 3.51. The fourth-order valence-electron chi connectivity index (χ4n) is 1.06. The molecule has 0 aromatic carbocycles. The van der Waals surface area contributed by atoms with Crippen LogP contribution in [-0.4, -0.2) is 9.91 Å². The summed E-state index contributed by atoms with van der Waals surface area (Å²) in [6, 6.07) is 0.979. The van der Waals surface area contributed by atoms with E-state index in [1.807, 2.05) is 0 Å². The van der Waals surface area contributed by atoms with Gasteiger partial charge >= 0.3 is 0 Å². The van der Waals surface area contributed by atoms with Gasteiger partial charge in [-0.3, -0.25) is 10.1 Å². The van der Waals surface area contributed by atoms with Crippen LogP contribution in [0.25, 0.3) is 0 Å². The Bertz CT molecular complexity index is 400. The topological polar surface area (TPSA) is 82.0 Å². The van der Waals surface area contributed by atoms with Gasteiger partial charge in [-0.2, -0.15) is 0 Å². The second kappa shape index (κ2) is 4.47. The van der Waals surface area contributed by atoms with Gasteiger partial charge in [-0.15, -0.1) is 0 Å². The summed E-state index contributed by atoms with van der Waals surface area (Å²) in [4.78, 5) is 13.2. The molecule has 0 bridgehead atoms. The Morgan fingerprint density at radius 3 is 2.67 bits per heavy atom. The van der Waals surface area contributed by atoms with Crippen molar-refractivity contribution in [2.75, 3.05) is 5.73 Å². The van der Waals surface area contributed by atoms with Crippen molar-refractivity contribution in [3.63, 3.8) is 0 Å². The van der Waals surface area contributed by atoms with Crippen LogP contribution in [0.2, 0.25) is 0 Å². The summed E-state index contributed by atoms with van der Waals surface area (Å²) < 4.78 is 24.9. The largest absolute Gasteiger partial charge is 0.383 e. The maximum Gasteiger partial charge on any atom is 0.283 e. The third-order valence-electron chi connectivity index (χ3n) is 1.67. The third-order valence-corrected chi connectivity index (χ3v) is 2.25. The fraction of sp³-hybridized carbons (Fsp3) is 0.286. The van der Waals surface area contributed by atoms with Gasteiger partial charge in [0.1, 0.15) is 11.4 Å². The van der Waals surface area contributed by atoms with Crippen LogP contribution in [0, 0.1) is 10.1 Å². The quantitative estimate of drug-likeness (QED) is 0.524. The van der Waals surface area contributed by atoms with Gasteiger partial charge in [0.2, 0.25) is 0 Å². The lowest BCUT2D eigenvalue weighted by atomic mass is 10.2. The van der Waals surface area contributed by atoms with E-state index in [1.54, 1.807) is 0 Å². The van der Waals surface area contributed by atoms with Gasteiger partial charge in [0.25, 0.3) is 12.1 Å². The highest BCUT2D eigenvalue weighted by Gasteiger charge is 2.26. The molecular weight excluding hydrogens is 276 g/mol. The van der Waals surface area contributed by atoms with Crippen LogP contribution in [0.5, 0.6) is 0 Å². The number of aromatic nitrogens is 1. The van der Waals surface area contributed by atoms with E-state index in [-0.39, 0.29) is 11.0 Å². The highest BCUT2D eigenvalue weighted by molar-refractivity contribution is 9.08. The summed E-state index contributed by atoms with van der Waals surface area (Å²) in [6.45, 7) is 0. The molecule has 1 aromatic rings. The lowest BCUT2D eigenvalue weighted by Crippen LogP contribution is -2.05. The van der Waals surface area contributed by atoms with Crippen molar-refractivity contribution in [2.24, 2.45) is 0 Å². The molecule has 5 nitrogen and oxygen atoms in total. The number of nitro groups is 1. The minimum atomic E-state index is -3.01. The van der Waals surface area contributed by atoms with E-state index in [0.717, 1.165) is 6.07 Å². The van der Waals surface area contributed by atoms with Crippen molar-refractivity contribution >= 4 is 27.4 Å². The molecule has 82 valence electrons. The number of nitrogens with zero attached hydrogens (tertiary/aromatic N) is 2. The summed E-state index contributed by atoms with van der Waals surface area (Å²) in [5.74, 6) is -0.506. The lowest BCUT2D eigenvalue weighted by molar-refractivity contribution is -0.386. The van der Waals surface area contributed by atoms with E-state index in [2.05, 4.69) is 20.9 Å². The average Bonchev–Trinajstić information content (AvgIpc) is 2.15. The van der Waals surface area contributed by atoms with E-state index < -0.39 is 28.4 Å². The summed E-state index contributed by atoms with van der Waals surface area (Å²) >= 11 is 3.01. The van der Waals surface area contributed by atoms with Crippen molar-refractivity contribution in [1.82, 2.24) is 4.98 Å². The minimum absolute atomic E-state index is 0.210. The maximum absolute atomic E-state index is 12.4. The molecule has 2 N–H and O–H groups in total. The lowest BCUT2D eigenvalue weighted by Gasteiger charge is -2.06. The number of nitrogen functional groups attached to an aromatic ring is 1. The molecule has 0 aliphatic rings. The van der Waals surface area contributed by atoms with Crippen LogP contribution in [0.1, 0.15) is 17.7 Å². The normalized spacial score (nSPS) is 10.7. The zero-order valence-corrected chi connectivity index (χ0v) is 8.87. The van der Waals surface area contributed by atoms with Crippen molar-refractivity contribution in [2.45, 2.75) is 11.8 Å². The van der Waals surface area contributed by atoms with Crippen LogP contribution in [0.3, 0.4) is 0 Å². The third kappa shape index (κ3) is 2.38. The standard InChI is InChI=1S/C7H6BrF2N3O2/c8-2-3-1-4(13(14)15)5(6(9)10)7(11)12-3/h1,6H,2H2,(H2,11,12). The molecule has 0 atom stereocenters. The van der Waals surface area contributed by atoms with Crippen molar-refractivity contribution in [3.8, 4) is 0 Å². The zero-order valence-electron chi connectivity index (χ0n) is 7.28. The zero-order chi connectivity index (χ0) is 11.6. The first-order chi connectivity index (χ1) is 6.97. The molecule has 1 heterocycles. The monoisotopic (exact) mass is 281 g/mol. The summed E-state index contributed by atoms with van der Waals surface area (Å²) in [6.07, 6.45) is -3.01. The molecule has 0 aliphatic carbocycles. The van der Waals surface area contributed by atoms with Crippen LogP contribution < -0.4 is 5.73 Å². The molecule has 1 aromatic heterocycles. The van der Waals surface area contributed by atoms with Gasteiger partial charge in [-0.05, 0) is 0 Å². The smallest absolute Gasteiger partial charge is 0.283 e. The highest BCUT2D eigenvalue weighted by atomic mass is 79.9. The first-order valence-corrected chi connectivity index (χ1v) is 4.87. The van der Waals surface area contributed by atoms with Crippen LogP contribution in [-0.2, 0) is 5.33 Å². The van der Waals surface area contributed by atoms with Gasteiger partial charge in [0.05, 0.1) is 10.6 Å². The van der Waals surface area contributed by atoms with Crippen molar-refractivity contribution in [1.29, 1.82) is 0 Å². The molecule has 0 spiro atoms. The van der Waals surface area contributed by atoms with Gasteiger partial charge in [-0.1, -0.05) is 15.9 Å². The number of hydrogen-bond acceptors (Lipinski definition) is 4. The maximum atomic E-state index is 12.4. The summed E-state index contributed by atoms with van der Waals surface area (Å²) in [7, 11) is 0. The fourth-order valence-corrected chi connectivity index (χ4v) is 1.34. The van der Waals surface area contributed by atoms with Crippen LogP contribution in [0.4, 0.5) is 20.3 Å². The predicted molar refractivity (Wildman–Crippen MR) is 52.9 cm³/mol. The predicted octanol–water partition coefficient (Wildman–Crippen LogP) is 2.40. The molecule has 0 amide bonds. The minimum Gasteiger partial charge on any atom is -0.383 e. The molecule has 0 unspecified atom stereocenters. The Labute approximate surface area is 91.6 Å². The van der Waals surface area contributed by atoms with E-state index in [4.69, 9.17) is 5.73 Å². The summed E-state index contributed by atoms with van der Waals surface area (Å²) in [5, 5.41) is 10.7. The number of alkyl halides is 3. The number of pyridine rings is 1. The highest BCUT2D eigenvalue weighted by Crippen LogP contribution is 2.33. The van der Waals surface area contributed by atoms with Crippen LogP contribution in [0.15, 0.2) is 6.07 Å². The van der Waals surface area contributed by atoms with Crippen molar-refractivity contribution < 1.29 is 13.7 Å². The Balaban J connectivity index is 3.42. The second-order valence-electron chi connectivity index (χ2n) is 2.62. The number of nitrogens with two attached hydrogens (primary N) is 1. The molecule has 0 saturated carbocycles. The molecule has 0 fully saturated rings. The number of hydrogen-bond donors (Lipinski definition) is 1. The number of halogens is 3. The van der Waals surface area contributed by atoms with Crippen LogP contribution >= 0.6 is 15.9 Å². The van der Waals surface area contributed by atoms with E-state index in [0.29, 0.717) is 0 Å². The van der Waals surface area contributed by atoms with E-state index in [1.165, 1.54) is 0 Å². The SMILES string of the molecule is Nc1nc(CBr)cc([N+](=O)[O-])c1C(F)F. The van der Waals surface area contributed by atoms with E-state index in [9.17, 15) is 18.9 Å². The Morgan fingerprint density at radius 1 is 1.67 bits per heavy atom. The number of anilines is 1. The second-order valence-corrected chi connectivity index (χ2v) is 3.18. The Hall–Kier alpha value is -1.31. The molecule has 0 radical (unpaired) electrons. The molecule has 15 heavy (non-hydrogen) atoms. The Morgan fingerprint density at radius 2 is 2.27 bits per heavy atom. The molecular formula is C7H6BrF2N3O2. The first kappa shape index (κ1) is 11.8. The first-order valence-electron chi connectivity index (χ1n) is 3.75. The van der Waals surface area contributed by atoms with Gasteiger partial charge in [0, 0.05) is 11.4 Å². The van der Waals surface area contributed by atoms with Gasteiger partial charge in [0.15, 0.2) is 0 Å². The average molecular weight is 282 g/mol. The number of rotatable bonds is 3. The molecule has 0 saturated heterocycles. The van der Waals surface area contributed by atoms with Crippen molar-refractivity contribution in [3.05, 3.63) is 27.4 Å². The van der Waals surface area contributed by atoms with E-state index >= 15 is 0 Å². The van der Waals surface area contributed by atoms with Gasteiger partial charge < -0.3 is 5.73 Å².